The minimum Gasteiger partial charge on any atom is -0.397 e. The zero-order chi connectivity index (χ0) is 13.1. The highest BCUT2D eigenvalue weighted by atomic mass is 35.5. The van der Waals surface area contributed by atoms with Gasteiger partial charge in [0, 0.05) is 6.04 Å². The van der Waals surface area contributed by atoms with Crippen molar-refractivity contribution < 1.29 is 13.5 Å². The molecule has 1 atom stereocenters. The maximum absolute atomic E-state index is 11.9. The Bertz CT molecular complexity index is 486. The van der Waals surface area contributed by atoms with Crippen molar-refractivity contribution in [2.24, 2.45) is 0 Å². The number of nitrogens with one attached hydrogen (secondary N) is 1. The third-order valence-corrected chi connectivity index (χ3v) is 4.18. The summed E-state index contributed by atoms with van der Waals surface area (Å²) in [7, 11) is -3.67. The molecule has 0 spiro atoms. The second-order valence-electron chi connectivity index (χ2n) is 3.59. The number of halogens is 1. The van der Waals surface area contributed by atoms with E-state index in [4.69, 9.17) is 22.4 Å². The fourth-order valence-electron chi connectivity index (χ4n) is 1.23. The van der Waals surface area contributed by atoms with E-state index in [1.54, 1.807) is 6.92 Å². The van der Waals surface area contributed by atoms with E-state index in [1.807, 2.05) is 0 Å². The normalized spacial score (nSPS) is 13.6. The van der Waals surface area contributed by atoms with Gasteiger partial charge in [-0.3, -0.25) is 0 Å². The van der Waals surface area contributed by atoms with E-state index in [1.165, 1.54) is 18.2 Å². The number of nitrogen functional groups attached to an aromatic ring is 1. The van der Waals surface area contributed by atoms with Crippen molar-refractivity contribution in [2.45, 2.75) is 24.3 Å². The lowest BCUT2D eigenvalue weighted by Crippen LogP contribution is -2.36. The summed E-state index contributed by atoms with van der Waals surface area (Å²) in [5.74, 6) is 0. The van der Waals surface area contributed by atoms with Gasteiger partial charge >= 0.3 is 0 Å². The molecule has 0 aliphatic heterocycles. The molecule has 0 aliphatic carbocycles. The summed E-state index contributed by atoms with van der Waals surface area (Å²) in [6, 6.07) is 3.57. The van der Waals surface area contributed by atoms with Crippen LogP contribution in [0.4, 0.5) is 5.69 Å². The minimum absolute atomic E-state index is 0.0336. The molecule has 0 radical (unpaired) electrons. The average molecular weight is 279 g/mol. The van der Waals surface area contributed by atoms with Crippen LogP contribution < -0.4 is 10.5 Å². The molecule has 0 aromatic heterocycles. The predicted molar refractivity (Wildman–Crippen MR) is 67.4 cm³/mol. The van der Waals surface area contributed by atoms with Gasteiger partial charge in [-0.05, 0) is 24.6 Å². The summed E-state index contributed by atoms with van der Waals surface area (Å²) >= 11 is 5.71. The smallest absolute Gasteiger partial charge is 0.240 e. The average Bonchev–Trinajstić information content (AvgIpc) is 2.29. The summed E-state index contributed by atoms with van der Waals surface area (Å²) in [5, 5.41) is 9.27. The molecule has 0 amide bonds. The van der Waals surface area contributed by atoms with Gasteiger partial charge in [-0.25, -0.2) is 13.1 Å². The van der Waals surface area contributed by atoms with Gasteiger partial charge in [0.25, 0.3) is 0 Å². The lowest BCUT2D eigenvalue weighted by Gasteiger charge is -2.14. The number of anilines is 1. The summed E-state index contributed by atoms with van der Waals surface area (Å²) < 4.78 is 26.2. The molecule has 1 aromatic rings. The third kappa shape index (κ3) is 3.57. The molecule has 1 aromatic carbocycles. The summed E-state index contributed by atoms with van der Waals surface area (Å²) in [5.41, 5.74) is 5.74. The molecule has 0 fully saturated rings. The maximum atomic E-state index is 11.9. The fraction of sp³-hybridized carbons (Fsp3) is 0.400. The lowest BCUT2D eigenvalue weighted by molar-refractivity contribution is 0.254. The Morgan fingerprint density at radius 2 is 2.18 bits per heavy atom. The van der Waals surface area contributed by atoms with Gasteiger partial charge in [0.1, 0.15) is 0 Å². The second kappa shape index (κ2) is 5.68. The van der Waals surface area contributed by atoms with Crippen LogP contribution in [-0.4, -0.2) is 26.2 Å². The molecule has 1 rings (SSSR count). The highest BCUT2D eigenvalue weighted by Gasteiger charge is 2.19. The van der Waals surface area contributed by atoms with Crippen LogP contribution in [0.15, 0.2) is 23.1 Å². The van der Waals surface area contributed by atoms with Crippen LogP contribution in [0.5, 0.6) is 0 Å². The van der Waals surface area contributed by atoms with Crippen molar-refractivity contribution in [3.05, 3.63) is 23.2 Å². The highest BCUT2D eigenvalue weighted by molar-refractivity contribution is 7.89. The van der Waals surface area contributed by atoms with E-state index < -0.39 is 16.1 Å². The predicted octanol–water partition coefficient (Wildman–Crippen LogP) is 0.971. The zero-order valence-electron chi connectivity index (χ0n) is 9.35. The number of hydrogen-bond acceptors (Lipinski definition) is 4. The first-order chi connectivity index (χ1) is 7.90. The number of sulfonamides is 1. The lowest BCUT2D eigenvalue weighted by atomic mass is 10.3. The summed E-state index contributed by atoms with van der Waals surface area (Å²) in [6.07, 6.45) is 0.499. The molecule has 17 heavy (non-hydrogen) atoms. The Morgan fingerprint density at radius 1 is 1.53 bits per heavy atom. The van der Waals surface area contributed by atoms with E-state index in [9.17, 15) is 8.42 Å². The van der Waals surface area contributed by atoms with Crippen molar-refractivity contribution in [3.8, 4) is 0 Å². The number of hydrogen-bond donors (Lipinski definition) is 3. The number of benzene rings is 1. The Hall–Kier alpha value is -0.820. The second-order valence-corrected chi connectivity index (χ2v) is 5.71. The quantitative estimate of drug-likeness (QED) is 0.700. The van der Waals surface area contributed by atoms with Crippen LogP contribution in [0.3, 0.4) is 0 Å². The van der Waals surface area contributed by atoms with Crippen LogP contribution >= 0.6 is 11.6 Å². The number of aliphatic hydroxyl groups excluding tert-OH is 1. The Labute approximate surface area is 106 Å². The highest BCUT2D eigenvalue weighted by Crippen LogP contribution is 2.22. The van der Waals surface area contributed by atoms with Crippen LogP contribution in [-0.2, 0) is 10.0 Å². The van der Waals surface area contributed by atoms with Gasteiger partial charge in [0.15, 0.2) is 0 Å². The molecule has 96 valence electrons. The fourth-order valence-corrected chi connectivity index (χ4v) is 2.69. The van der Waals surface area contributed by atoms with E-state index in [0.717, 1.165) is 0 Å². The summed E-state index contributed by atoms with van der Waals surface area (Å²) in [6.45, 7) is 1.53. The molecule has 0 unspecified atom stereocenters. The van der Waals surface area contributed by atoms with Crippen LogP contribution in [0.25, 0.3) is 0 Å². The summed E-state index contributed by atoms with van der Waals surface area (Å²) in [4.78, 5) is 0.0336. The monoisotopic (exact) mass is 278 g/mol. The van der Waals surface area contributed by atoms with Gasteiger partial charge < -0.3 is 10.8 Å². The van der Waals surface area contributed by atoms with Gasteiger partial charge in [-0.2, -0.15) is 0 Å². The zero-order valence-corrected chi connectivity index (χ0v) is 10.9. The number of aliphatic hydroxyl groups is 1. The topological polar surface area (TPSA) is 92.4 Å². The number of rotatable bonds is 5. The number of nitrogens with two attached hydrogens (primary N) is 1. The SMILES string of the molecule is CC[C@@H](CO)NS(=O)(=O)c1ccc(Cl)c(N)c1. The van der Waals surface area contributed by atoms with Crippen LogP contribution in [0, 0.1) is 0 Å². The van der Waals surface area contributed by atoms with Gasteiger partial charge in [0.2, 0.25) is 10.0 Å². The molecular formula is C10H15ClN2O3S. The largest absolute Gasteiger partial charge is 0.397 e. The first kappa shape index (κ1) is 14.2. The molecular weight excluding hydrogens is 264 g/mol. The molecule has 0 aliphatic rings. The first-order valence-electron chi connectivity index (χ1n) is 5.09. The molecule has 0 saturated carbocycles. The molecule has 7 heteroatoms. The van der Waals surface area contributed by atoms with E-state index in [2.05, 4.69) is 4.72 Å². The van der Waals surface area contributed by atoms with E-state index >= 15 is 0 Å². The van der Waals surface area contributed by atoms with E-state index in [0.29, 0.717) is 11.4 Å². The van der Waals surface area contributed by atoms with Crippen molar-refractivity contribution in [1.82, 2.24) is 4.72 Å². The molecule has 0 saturated heterocycles. The molecule has 0 heterocycles. The van der Waals surface area contributed by atoms with Crippen LogP contribution in [0.2, 0.25) is 5.02 Å². The third-order valence-electron chi connectivity index (χ3n) is 2.31. The Morgan fingerprint density at radius 3 is 2.65 bits per heavy atom. The van der Waals surface area contributed by atoms with Gasteiger partial charge in [-0.1, -0.05) is 18.5 Å². The van der Waals surface area contributed by atoms with Crippen molar-refractivity contribution >= 4 is 27.3 Å². The van der Waals surface area contributed by atoms with Crippen molar-refractivity contribution in [1.29, 1.82) is 0 Å². The molecule has 0 bridgehead atoms. The maximum Gasteiger partial charge on any atom is 0.240 e. The molecule has 4 N–H and O–H groups in total. The van der Waals surface area contributed by atoms with Crippen LogP contribution in [0.1, 0.15) is 13.3 Å². The van der Waals surface area contributed by atoms with Crippen molar-refractivity contribution in [2.75, 3.05) is 12.3 Å². The minimum atomic E-state index is -3.67. The Kier molecular flexibility index (Phi) is 4.76. The molecule has 5 nitrogen and oxygen atoms in total. The van der Waals surface area contributed by atoms with E-state index in [-0.39, 0.29) is 17.2 Å². The van der Waals surface area contributed by atoms with Gasteiger partial charge in [-0.15, -0.1) is 0 Å². The Balaban J connectivity index is 3.01. The van der Waals surface area contributed by atoms with Gasteiger partial charge in [0.05, 0.1) is 22.2 Å². The first-order valence-corrected chi connectivity index (χ1v) is 6.95. The standard InChI is InChI=1S/C10H15ClN2O3S/c1-2-7(6-14)13-17(15,16)8-3-4-9(11)10(12)5-8/h3-5,7,13-14H,2,6,12H2,1H3/t7-/m0/s1. The van der Waals surface area contributed by atoms with Crippen molar-refractivity contribution in [3.63, 3.8) is 0 Å².